The van der Waals surface area contributed by atoms with E-state index in [2.05, 4.69) is 20.5 Å². The molecule has 0 aromatic rings. The molecule has 0 atom stereocenters. The first kappa shape index (κ1) is 20.1. The number of carbonyl (C=O) groups excluding carboxylic acids is 2. The van der Waals surface area contributed by atoms with Crippen molar-refractivity contribution in [3.8, 4) is 0 Å². The molecule has 0 spiro atoms. The van der Waals surface area contributed by atoms with Gasteiger partial charge in [-0.2, -0.15) is 0 Å². The fraction of sp³-hybridized carbons (Fsp3) is 0.769. The number of nitrogens with one attached hydrogen (secondary N) is 2. The molecule has 128 valence electrons. The molecule has 0 radical (unpaired) electrons. The van der Waals surface area contributed by atoms with Crippen LogP contribution in [0, 0.1) is 0 Å². The minimum atomic E-state index is -0.754. The van der Waals surface area contributed by atoms with E-state index in [1.807, 2.05) is 0 Å². The lowest BCUT2D eigenvalue weighted by Gasteiger charge is -2.22. The van der Waals surface area contributed by atoms with Crippen LogP contribution in [-0.2, 0) is 14.3 Å². The SMILES string of the molecule is CC(C)(C)OC(=O)NC(=NCCON)NC(=O)OC(C)(C)C. The quantitative estimate of drug-likeness (QED) is 0.312. The number of hydrogen-bond donors (Lipinski definition) is 3. The molecule has 9 nitrogen and oxygen atoms in total. The van der Waals surface area contributed by atoms with Crippen LogP contribution in [0.5, 0.6) is 0 Å². The molecule has 0 saturated carbocycles. The number of carbonyl (C=O) groups is 2. The second-order valence-corrected chi connectivity index (χ2v) is 6.35. The molecular formula is C13H26N4O5. The summed E-state index contributed by atoms with van der Waals surface area (Å²) >= 11 is 0. The summed E-state index contributed by atoms with van der Waals surface area (Å²) in [7, 11) is 0. The number of alkyl carbamates (subject to hydrolysis) is 2. The first-order valence-corrected chi connectivity index (χ1v) is 6.79. The summed E-state index contributed by atoms with van der Waals surface area (Å²) in [5.74, 6) is 4.78. The molecule has 0 aromatic heterocycles. The molecule has 2 amide bonds. The molecule has 0 aliphatic carbocycles. The Morgan fingerprint density at radius 2 is 1.36 bits per heavy atom. The second kappa shape index (κ2) is 8.54. The van der Waals surface area contributed by atoms with Crippen LogP contribution in [0.25, 0.3) is 0 Å². The van der Waals surface area contributed by atoms with Gasteiger partial charge in [-0.3, -0.25) is 10.6 Å². The normalized spacial score (nSPS) is 11.4. The predicted octanol–water partition coefficient (Wildman–Crippen LogP) is 1.28. The van der Waals surface area contributed by atoms with Crippen molar-refractivity contribution < 1.29 is 23.9 Å². The van der Waals surface area contributed by atoms with Crippen molar-refractivity contribution in [2.75, 3.05) is 13.2 Å². The molecule has 0 aromatic carbocycles. The third-order valence-corrected chi connectivity index (χ3v) is 1.72. The second-order valence-electron chi connectivity index (χ2n) is 6.35. The van der Waals surface area contributed by atoms with Crippen molar-refractivity contribution in [2.24, 2.45) is 10.9 Å². The van der Waals surface area contributed by atoms with Gasteiger partial charge in [0, 0.05) is 0 Å². The van der Waals surface area contributed by atoms with E-state index in [9.17, 15) is 9.59 Å². The number of nitrogens with zero attached hydrogens (tertiary/aromatic N) is 1. The third kappa shape index (κ3) is 11.9. The minimum Gasteiger partial charge on any atom is -0.444 e. The monoisotopic (exact) mass is 318 g/mol. The van der Waals surface area contributed by atoms with Crippen molar-refractivity contribution in [3.63, 3.8) is 0 Å². The Balaban J connectivity index is 4.73. The summed E-state index contributed by atoms with van der Waals surface area (Å²) < 4.78 is 10.2. The Kier molecular flexibility index (Phi) is 7.82. The molecule has 0 aliphatic heterocycles. The Bertz CT molecular complexity index is 378. The Labute approximate surface area is 130 Å². The van der Waals surface area contributed by atoms with Crippen LogP contribution in [0.1, 0.15) is 41.5 Å². The lowest BCUT2D eigenvalue weighted by atomic mass is 10.2. The summed E-state index contributed by atoms with van der Waals surface area (Å²) in [6, 6.07) is 0. The van der Waals surface area contributed by atoms with Gasteiger partial charge in [0.25, 0.3) is 0 Å². The number of ether oxygens (including phenoxy) is 2. The first-order valence-electron chi connectivity index (χ1n) is 6.79. The highest BCUT2D eigenvalue weighted by atomic mass is 16.6. The number of aliphatic imine (C=N–C) groups is 1. The average molecular weight is 318 g/mol. The van der Waals surface area contributed by atoms with E-state index in [0.717, 1.165) is 0 Å². The van der Waals surface area contributed by atoms with Gasteiger partial charge >= 0.3 is 12.2 Å². The van der Waals surface area contributed by atoms with Crippen LogP contribution < -0.4 is 16.5 Å². The molecular weight excluding hydrogens is 292 g/mol. The molecule has 4 N–H and O–H groups in total. The largest absolute Gasteiger partial charge is 0.444 e. The highest BCUT2D eigenvalue weighted by molar-refractivity contribution is 6.01. The molecule has 22 heavy (non-hydrogen) atoms. The number of amides is 2. The molecule has 0 aliphatic rings. The van der Waals surface area contributed by atoms with E-state index in [1.165, 1.54) is 0 Å². The van der Waals surface area contributed by atoms with Gasteiger partial charge in [0.15, 0.2) is 0 Å². The summed E-state index contributed by atoms with van der Waals surface area (Å²) in [6.07, 6.45) is -1.51. The molecule has 9 heteroatoms. The van der Waals surface area contributed by atoms with E-state index in [4.69, 9.17) is 15.4 Å². The lowest BCUT2D eigenvalue weighted by Crippen LogP contribution is -2.47. The van der Waals surface area contributed by atoms with Crippen molar-refractivity contribution in [1.82, 2.24) is 10.6 Å². The average Bonchev–Trinajstić information content (AvgIpc) is 2.23. The number of guanidine groups is 1. The van der Waals surface area contributed by atoms with Crippen LogP contribution in [0.4, 0.5) is 9.59 Å². The van der Waals surface area contributed by atoms with Crippen LogP contribution >= 0.6 is 0 Å². The van der Waals surface area contributed by atoms with Crippen molar-refractivity contribution in [3.05, 3.63) is 0 Å². The Morgan fingerprint density at radius 3 is 1.68 bits per heavy atom. The van der Waals surface area contributed by atoms with Gasteiger partial charge in [-0.05, 0) is 41.5 Å². The maximum atomic E-state index is 11.7. The highest BCUT2D eigenvalue weighted by Gasteiger charge is 2.21. The molecule has 0 saturated heterocycles. The summed E-state index contributed by atoms with van der Waals surface area (Å²) in [6.45, 7) is 10.5. The van der Waals surface area contributed by atoms with Crippen LogP contribution in [0.3, 0.4) is 0 Å². The fourth-order valence-electron chi connectivity index (χ4n) is 1.12. The summed E-state index contributed by atoms with van der Waals surface area (Å²) in [4.78, 5) is 31.7. The highest BCUT2D eigenvalue weighted by Crippen LogP contribution is 2.07. The topological polar surface area (TPSA) is 124 Å². The lowest BCUT2D eigenvalue weighted by molar-refractivity contribution is 0.0544. The smallest absolute Gasteiger partial charge is 0.414 e. The molecule has 0 heterocycles. The van der Waals surface area contributed by atoms with E-state index < -0.39 is 23.4 Å². The van der Waals surface area contributed by atoms with Gasteiger partial charge in [0.1, 0.15) is 11.2 Å². The molecule has 0 unspecified atom stereocenters. The third-order valence-electron chi connectivity index (χ3n) is 1.72. The van der Waals surface area contributed by atoms with E-state index in [-0.39, 0.29) is 19.1 Å². The zero-order valence-electron chi connectivity index (χ0n) is 14.0. The van der Waals surface area contributed by atoms with E-state index >= 15 is 0 Å². The standard InChI is InChI=1S/C13H26N4O5/c1-12(2,3)21-10(18)16-9(15-7-8-20-14)17-11(19)22-13(4,5)6/h7-8,14H2,1-6H3,(H2,15,16,17,18,19). The van der Waals surface area contributed by atoms with Crippen molar-refractivity contribution in [2.45, 2.75) is 52.7 Å². The number of rotatable bonds is 3. The van der Waals surface area contributed by atoms with Gasteiger partial charge < -0.3 is 14.3 Å². The zero-order valence-corrected chi connectivity index (χ0v) is 14.0. The Hall–Kier alpha value is -1.87. The number of hydrogen-bond acceptors (Lipinski definition) is 7. The maximum Gasteiger partial charge on any atom is 0.414 e. The van der Waals surface area contributed by atoms with Crippen LogP contribution in [-0.4, -0.2) is 42.5 Å². The maximum absolute atomic E-state index is 11.7. The summed E-state index contributed by atoms with van der Waals surface area (Å²) in [5, 5.41) is 4.66. The van der Waals surface area contributed by atoms with Gasteiger partial charge in [-0.15, -0.1) is 0 Å². The van der Waals surface area contributed by atoms with Crippen molar-refractivity contribution >= 4 is 18.1 Å². The van der Waals surface area contributed by atoms with Gasteiger partial charge in [-0.1, -0.05) is 0 Å². The van der Waals surface area contributed by atoms with Gasteiger partial charge in [-0.25, -0.2) is 20.5 Å². The predicted molar refractivity (Wildman–Crippen MR) is 81.2 cm³/mol. The molecule has 0 fully saturated rings. The van der Waals surface area contributed by atoms with Crippen LogP contribution in [0.2, 0.25) is 0 Å². The number of nitrogens with two attached hydrogens (primary N) is 1. The van der Waals surface area contributed by atoms with Gasteiger partial charge in [0.2, 0.25) is 5.96 Å². The Morgan fingerprint density at radius 1 is 0.955 bits per heavy atom. The zero-order chi connectivity index (χ0) is 17.4. The van der Waals surface area contributed by atoms with E-state index in [0.29, 0.717) is 0 Å². The van der Waals surface area contributed by atoms with E-state index in [1.54, 1.807) is 41.5 Å². The first-order chi connectivity index (χ1) is 9.93. The van der Waals surface area contributed by atoms with Crippen molar-refractivity contribution in [1.29, 1.82) is 0 Å². The summed E-state index contributed by atoms with van der Waals surface area (Å²) in [5.41, 5.74) is -1.36. The van der Waals surface area contributed by atoms with Crippen LogP contribution in [0.15, 0.2) is 4.99 Å². The fourth-order valence-corrected chi connectivity index (χ4v) is 1.12. The van der Waals surface area contributed by atoms with Gasteiger partial charge in [0.05, 0.1) is 13.2 Å². The minimum absolute atomic E-state index is 0.111. The molecule has 0 rings (SSSR count). The molecule has 0 bridgehead atoms.